The van der Waals surface area contributed by atoms with E-state index < -0.39 is 13.8 Å². The molecular weight excluding hydrogens is 199 g/mol. The van der Waals surface area contributed by atoms with Crippen LogP contribution in [0.3, 0.4) is 0 Å². The van der Waals surface area contributed by atoms with Crippen LogP contribution in [-0.2, 0) is 18.6 Å². The monoisotopic (exact) mass is 211 g/mol. The molecule has 0 aromatic rings. The third-order valence-electron chi connectivity index (χ3n) is 0.924. The minimum atomic E-state index is -4.46. The molecule has 7 heteroatoms. The summed E-state index contributed by atoms with van der Waals surface area (Å²) in [7, 11) is -4.46. The van der Waals surface area contributed by atoms with Crippen molar-refractivity contribution in [1.29, 1.82) is 0 Å². The quantitative estimate of drug-likeness (QED) is 0.294. The summed E-state index contributed by atoms with van der Waals surface area (Å²) in [6.07, 6.45) is 0. The van der Waals surface area contributed by atoms with E-state index in [-0.39, 0.29) is 20.2 Å². The van der Waals surface area contributed by atoms with Crippen LogP contribution in [0.5, 0.6) is 0 Å². The van der Waals surface area contributed by atoms with Crippen molar-refractivity contribution in [3.8, 4) is 0 Å². The number of phosphoric ester groups is 1. The molecule has 0 atom stereocenters. The van der Waals surface area contributed by atoms with Gasteiger partial charge >= 0.3 is 15.2 Å². The van der Waals surface area contributed by atoms with Crippen molar-refractivity contribution in [2.45, 2.75) is 6.92 Å². The summed E-state index contributed by atoms with van der Waals surface area (Å²) in [5, 5.41) is 0. The maximum Gasteiger partial charge on any atom is 1.00 e. The normalized spacial score (nSPS) is 11.0. The molecule has 0 radical (unpaired) electrons. The number of hydrogen-bond donors (Lipinski definition) is 2. The van der Waals surface area contributed by atoms with Gasteiger partial charge in [-0.05, 0) is 6.92 Å². The SMILES string of the molecule is C=C(C)C(=O)OCCOP(=O)(O)O.[H+]. The van der Waals surface area contributed by atoms with Crippen LogP contribution < -0.4 is 0 Å². The zero-order valence-electron chi connectivity index (χ0n) is 8.10. The Morgan fingerprint density at radius 3 is 2.46 bits per heavy atom. The number of carbonyl (C=O) groups excluding carboxylic acids is 1. The maximum absolute atomic E-state index is 10.7. The van der Waals surface area contributed by atoms with Gasteiger partial charge in [0.2, 0.25) is 0 Å². The summed E-state index contributed by atoms with van der Waals surface area (Å²) in [5.41, 5.74) is 0.219. The van der Waals surface area contributed by atoms with Gasteiger partial charge in [-0.1, -0.05) is 6.58 Å². The first kappa shape index (κ1) is 12.3. The Morgan fingerprint density at radius 1 is 1.54 bits per heavy atom. The molecule has 76 valence electrons. The van der Waals surface area contributed by atoms with Gasteiger partial charge in [0.1, 0.15) is 6.61 Å². The number of ether oxygens (including phenoxy) is 1. The highest BCUT2D eigenvalue weighted by molar-refractivity contribution is 7.46. The largest absolute Gasteiger partial charge is 1.00 e. The average molecular weight is 211 g/mol. The van der Waals surface area contributed by atoms with E-state index in [9.17, 15) is 9.36 Å². The van der Waals surface area contributed by atoms with Crippen molar-refractivity contribution in [3.63, 3.8) is 0 Å². The van der Waals surface area contributed by atoms with Crippen molar-refractivity contribution in [2.75, 3.05) is 13.2 Å². The molecule has 0 aliphatic rings. The topological polar surface area (TPSA) is 93.1 Å². The van der Waals surface area contributed by atoms with Crippen LogP contribution in [0, 0.1) is 0 Å². The molecule has 13 heavy (non-hydrogen) atoms. The first-order valence-electron chi connectivity index (χ1n) is 3.35. The molecule has 0 rings (SSSR count). The molecule has 0 aromatic carbocycles. The number of rotatable bonds is 5. The van der Waals surface area contributed by atoms with Gasteiger partial charge in [-0.2, -0.15) is 0 Å². The number of hydrogen-bond acceptors (Lipinski definition) is 4. The summed E-state index contributed by atoms with van der Waals surface area (Å²) >= 11 is 0. The fourth-order valence-electron chi connectivity index (χ4n) is 0.414. The Balaban J connectivity index is 0. The molecule has 0 amide bonds. The van der Waals surface area contributed by atoms with E-state index in [0.29, 0.717) is 0 Å². The molecule has 0 aliphatic heterocycles. The van der Waals surface area contributed by atoms with Gasteiger partial charge in [-0.25, -0.2) is 9.36 Å². The molecule has 0 aromatic heterocycles. The van der Waals surface area contributed by atoms with Crippen molar-refractivity contribution in [3.05, 3.63) is 12.2 Å². The predicted octanol–water partition coefficient (Wildman–Crippen LogP) is 0.327. The minimum Gasteiger partial charge on any atom is -0.460 e. The van der Waals surface area contributed by atoms with Gasteiger partial charge in [0.15, 0.2) is 0 Å². The highest BCUT2D eigenvalue weighted by Gasteiger charge is 2.13. The van der Waals surface area contributed by atoms with E-state index in [0.717, 1.165) is 0 Å². The average Bonchev–Trinajstić information content (AvgIpc) is 1.95. The Hall–Kier alpha value is -0.680. The molecule has 0 aliphatic carbocycles. The second kappa shape index (κ2) is 5.14. The molecule has 0 bridgehead atoms. The van der Waals surface area contributed by atoms with E-state index >= 15 is 0 Å². The lowest BCUT2D eigenvalue weighted by Crippen LogP contribution is -2.10. The summed E-state index contributed by atoms with van der Waals surface area (Å²) in [5.74, 6) is -0.616. The van der Waals surface area contributed by atoms with Crippen LogP contribution in [0.25, 0.3) is 0 Å². The number of phosphoric acid groups is 1. The molecular formula is C6H12O6P+. The van der Waals surface area contributed by atoms with Gasteiger partial charge in [-0.15, -0.1) is 0 Å². The van der Waals surface area contributed by atoms with Crippen LogP contribution >= 0.6 is 7.82 Å². The maximum atomic E-state index is 10.7. The highest BCUT2D eigenvalue weighted by Crippen LogP contribution is 2.35. The van der Waals surface area contributed by atoms with Crippen molar-refractivity contribution >= 4 is 13.8 Å². The fraction of sp³-hybridized carbons (Fsp3) is 0.500. The lowest BCUT2D eigenvalue weighted by molar-refractivity contribution is -0.139. The van der Waals surface area contributed by atoms with Crippen LogP contribution in [0.15, 0.2) is 12.2 Å². The molecule has 0 spiro atoms. The number of esters is 1. The molecule has 0 unspecified atom stereocenters. The van der Waals surface area contributed by atoms with E-state index in [1.54, 1.807) is 0 Å². The Kier molecular flexibility index (Phi) is 4.87. The first-order valence-corrected chi connectivity index (χ1v) is 4.88. The lowest BCUT2D eigenvalue weighted by Gasteiger charge is -2.05. The smallest absolute Gasteiger partial charge is 0.460 e. The summed E-state index contributed by atoms with van der Waals surface area (Å²) in [6, 6.07) is 0. The van der Waals surface area contributed by atoms with Crippen molar-refractivity contribution < 1.29 is 29.8 Å². The second-order valence-electron chi connectivity index (χ2n) is 2.24. The zero-order chi connectivity index (χ0) is 10.5. The zero-order valence-corrected chi connectivity index (χ0v) is 7.99. The van der Waals surface area contributed by atoms with E-state index in [1.807, 2.05) is 0 Å². The third kappa shape index (κ3) is 7.67. The highest BCUT2D eigenvalue weighted by atomic mass is 31.2. The van der Waals surface area contributed by atoms with Gasteiger partial charge < -0.3 is 14.5 Å². The second-order valence-corrected chi connectivity index (χ2v) is 3.48. The van der Waals surface area contributed by atoms with E-state index in [4.69, 9.17) is 9.79 Å². The van der Waals surface area contributed by atoms with Crippen LogP contribution in [0.2, 0.25) is 0 Å². The van der Waals surface area contributed by atoms with E-state index in [1.165, 1.54) is 6.92 Å². The van der Waals surface area contributed by atoms with Gasteiger partial charge in [-0.3, -0.25) is 4.52 Å². The third-order valence-corrected chi connectivity index (χ3v) is 1.44. The molecule has 0 fully saturated rings. The van der Waals surface area contributed by atoms with Crippen LogP contribution in [-0.4, -0.2) is 29.0 Å². The van der Waals surface area contributed by atoms with Crippen LogP contribution in [0.1, 0.15) is 8.35 Å². The molecule has 2 N–H and O–H groups in total. The standard InChI is InChI=1S/C6H11O6P/c1-5(2)6(7)11-3-4-12-13(8,9)10/h1,3-4H2,2H3,(H2,8,9,10)/p+1. The van der Waals surface area contributed by atoms with Gasteiger partial charge in [0, 0.05) is 5.57 Å². The van der Waals surface area contributed by atoms with Crippen molar-refractivity contribution in [1.82, 2.24) is 0 Å². The Bertz CT molecular complexity index is 247. The Labute approximate surface area is 76.9 Å². The summed E-state index contributed by atoms with van der Waals surface area (Å²) in [6.45, 7) is 4.22. The van der Waals surface area contributed by atoms with E-state index in [2.05, 4.69) is 15.8 Å². The molecule has 0 saturated carbocycles. The van der Waals surface area contributed by atoms with Crippen LogP contribution in [0.4, 0.5) is 0 Å². The molecule has 0 saturated heterocycles. The number of carbonyl (C=O) groups is 1. The lowest BCUT2D eigenvalue weighted by atomic mass is 10.4. The van der Waals surface area contributed by atoms with Gasteiger partial charge in [0.25, 0.3) is 0 Å². The van der Waals surface area contributed by atoms with Crippen molar-refractivity contribution in [2.24, 2.45) is 0 Å². The summed E-state index contributed by atoms with van der Waals surface area (Å²) in [4.78, 5) is 27.1. The van der Waals surface area contributed by atoms with Gasteiger partial charge in [0.05, 0.1) is 6.61 Å². The predicted molar refractivity (Wildman–Crippen MR) is 44.9 cm³/mol. The first-order chi connectivity index (χ1) is 5.83. The minimum absolute atomic E-state index is 0. The Morgan fingerprint density at radius 2 is 2.08 bits per heavy atom. The summed E-state index contributed by atoms with van der Waals surface area (Å²) < 4.78 is 18.6. The molecule has 0 heterocycles. The molecule has 6 nitrogen and oxygen atoms in total. The fourth-order valence-corrected chi connectivity index (χ4v) is 0.726.